The Balaban J connectivity index is 2.00. The lowest BCUT2D eigenvalue weighted by atomic mass is 9.62. The quantitative estimate of drug-likeness (QED) is 0.640. The summed E-state index contributed by atoms with van der Waals surface area (Å²) in [4.78, 5) is 12.1. The van der Waals surface area contributed by atoms with Crippen molar-refractivity contribution in [2.24, 2.45) is 23.2 Å². The molecule has 0 aromatic carbocycles. The third-order valence-corrected chi connectivity index (χ3v) is 5.80. The van der Waals surface area contributed by atoms with Crippen LogP contribution in [0.5, 0.6) is 0 Å². The molecule has 1 unspecified atom stereocenters. The molecule has 0 N–H and O–H groups in total. The van der Waals surface area contributed by atoms with Gasteiger partial charge in [0.1, 0.15) is 5.78 Å². The van der Waals surface area contributed by atoms with Crippen LogP contribution in [0.1, 0.15) is 72.6 Å². The van der Waals surface area contributed by atoms with E-state index < -0.39 is 0 Å². The first kappa shape index (κ1) is 14.8. The first-order chi connectivity index (χ1) is 8.95. The van der Waals surface area contributed by atoms with Crippen LogP contribution in [0.4, 0.5) is 0 Å². The second-order valence-electron chi connectivity index (χ2n) is 7.40. The molecule has 2 aliphatic carbocycles. The Hall–Kier alpha value is -0.590. The molecule has 0 radical (unpaired) electrons. The van der Waals surface area contributed by atoms with Gasteiger partial charge >= 0.3 is 0 Å². The van der Waals surface area contributed by atoms with Crippen molar-refractivity contribution in [3.63, 3.8) is 0 Å². The zero-order valence-electron chi connectivity index (χ0n) is 13.2. The normalized spacial score (nSPS) is 35.9. The zero-order valence-corrected chi connectivity index (χ0v) is 13.2. The van der Waals surface area contributed by atoms with Crippen molar-refractivity contribution >= 4 is 5.78 Å². The van der Waals surface area contributed by atoms with Crippen molar-refractivity contribution in [2.75, 3.05) is 0 Å². The second kappa shape index (κ2) is 5.81. The predicted molar refractivity (Wildman–Crippen MR) is 81.0 cm³/mol. The van der Waals surface area contributed by atoms with E-state index in [9.17, 15) is 4.79 Å². The van der Waals surface area contributed by atoms with Gasteiger partial charge in [-0.1, -0.05) is 25.5 Å². The fourth-order valence-electron chi connectivity index (χ4n) is 4.74. The first-order valence-electron chi connectivity index (χ1n) is 8.11. The van der Waals surface area contributed by atoms with Crippen LogP contribution in [0.15, 0.2) is 11.6 Å². The number of allylic oxidation sites excluding steroid dienone is 2. The molecule has 0 aromatic rings. The average molecular weight is 262 g/mol. The standard InChI is InChI=1S/C18H30O/c1-13(2)7-5-8-14(3)15-10-11-16-17(19)9-6-12-18(15,16)4/h7,14-16H,5-6,8-12H2,1-4H3/t14-,15-,16+,18?/m1/s1. The minimum atomic E-state index is 0.319. The van der Waals surface area contributed by atoms with Gasteiger partial charge in [-0.3, -0.25) is 4.79 Å². The number of Topliss-reactive ketones (excluding diaryl/α,β-unsaturated/α-hetero) is 1. The van der Waals surface area contributed by atoms with Crippen LogP contribution in [-0.4, -0.2) is 5.78 Å². The zero-order chi connectivity index (χ0) is 14.0. The van der Waals surface area contributed by atoms with Crippen molar-refractivity contribution in [3.05, 3.63) is 11.6 Å². The summed E-state index contributed by atoms with van der Waals surface area (Å²) in [7, 11) is 0. The molecule has 0 bridgehead atoms. The van der Waals surface area contributed by atoms with Gasteiger partial charge in [-0.25, -0.2) is 0 Å². The molecule has 2 rings (SSSR count). The monoisotopic (exact) mass is 262 g/mol. The highest BCUT2D eigenvalue weighted by Crippen LogP contribution is 2.57. The van der Waals surface area contributed by atoms with E-state index in [0.29, 0.717) is 17.1 Å². The van der Waals surface area contributed by atoms with Crippen LogP contribution in [0, 0.1) is 23.2 Å². The molecular formula is C18H30O. The molecule has 1 nitrogen and oxygen atoms in total. The van der Waals surface area contributed by atoms with Gasteiger partial charge in [0.15, 0.2) is 0 Å². The van der Waals surface area contributed by atoms with Gasteiger partial charge in [0.25, 0.3) is 0 Å². The Labute approximate surface area is 118 Å². The highest BCUT2D eigenvalue weighted by molar-refractivity contribution is 5.83. The first-order valence-corrected chi connectivity index (χ1v) is 8.11. The number of hydrogen-bond acceptors (Lipinski definition) is 1. The molecule has 0 aromatic heterocycles. The van der Waals surface area contributed by atoms with Crippen molar-refractivity contribution in [2.45, 2.75) is 72.6 Å². The Bertz CT molecular complexity index is 364. The van der Waals surface area contributed by atoms with E-state index in [1.807, 2.05) is 0 Å². The van der Waals surface area contributed by atoms with Gasteiger partial charge in [-0.2, -0.15) is 0 Å². The largest absolute Gasteiger partial charge is 0.299 e. The number of fused-ring (bicyclic) bond motifs is 1. The highest BCUT2D eigenvalue weighted by atomic mass is 16.1. The van der Waals surface area contributed by atoms with Crippen LogP contribution in [0.2, 0.25) is 0 Å². The maximum atomic E-state index is 12.1. The van der Waals surface area contributed by atoms with Crippen LogP contribution < -0.4 is 0 Å². The molecule has 2 aliphatic rings. The van der Waals surface area contributed by atoms with Crippen molar-refractivity contribution in [3.8, 4) is 0 Å². The molecule has 4 atom stereocenters. The van der Waals surface area contributed by atoms with Crippen LogP contribution in [0.25, 0.3) is 0 Å². The van der Waals surface area contributed by atoms with E-state index in [2.05, 4.69) is 33.8 Å². The summed E-state index contributed by atoms with van der Waals surface area (Å²) >= 11 is 0. The van der Waals surface area contributed by atoms with E-state index in [4.69, 9.17) is 0 Å². The fourth-order valence-corrected chi connectivity index (χ4v) is 4.74. The minimum absolute atomic E-state index is 0.319. The summed E-state index contributed by atoms with van der Waals surface area (Å²) in [5.41, 5.74) is 1.75. The predicted octanol–water partition coefficient (Wildman–Crippen LogP) is 5.15. The smallest absolute Gasteiger partial charge is 0.136 e. The van der Waals surface area contributed by atoms with Crippen molar-refractivity contribution < 1.29 is 4.79 Å². The summed E-state index contributed by atoms with van der Waals surface area (Å²) in [6.45, 7) is 9.18. The lowest BCUT2D eigenvalue weighted by Gasteiger charge is -2.42. The maximum absolute atomic E-state index is 12.1. The number of carbonyl (C=O) groups is 1. The summed E-state index contributed by atoms with van der Waals surface area (Å²) in [5.74, 6) is 2.48. The maximum Gasteiger partial charge on any atom is 0.136 e. The third kappa shape index (κ3) is 2.95. The van der Waals surface area contributed by atoms with E-state index in [0.717, 1.165) is 31.1 Å². The van der Waals surface area contributed by atoms with Crippen LogP contribution in [-0.2, 0) is 4.79 Å². The molecule has 0 aliphatic heterocycles. The van der Waals surface area contributed by atoms with E-state index in [1.54, 1.807) is 0 Å². The number of hydrogen-bond donors (Lipinski definition) is 0. The summed E-state index contributed by atoms with van der Waals surface area (Å²) in [5, 5.41) is 0. The second-order valence-corrected chi connectivity index (χ2v) is 7.40. The summed E-state index contributed by atoms with van der Waals surface area (Å²) < 4.78 is 0. The van der Waals surface area contributed by atoms with Gasteiger partial charge in [0.2, 0.25) is 0 Å². The molecule has 0 saturated heterocycles. The van der Waals surface area contributed by atoms with Gasteiger partial charge in [-0.15, -0.1) is 0 Å². The topological polar surface area (TPSA) is 17.1 Å². The third-order valence-electron chi connectivity index (χ3n) is 5.80. The fraction of sp³-hybridized carbons (Fsp3) is 0.833. The molecule has 0 spiro atoms. The summed E-state index contributed by atoms with van der Waals surface area (Å²) in [6, 6.07) is 0. The van der Waals surface area contributed by atoms with E-state index in [1.165, 1.54) is 31.3 Å². The van der Waals surface area contributed by atoms with E-state index >= 15 is 0 Å². The molecule has 108 valence electrons. The minimum Gasteiger partial charge on any atom is -0.299 e. The molecule has 2 fully saturated rings. The van der Waals surface area contributed by atoms with Crippen LogP contribution >= 0.6 is 0 Å². The highest BCUT2D eigenvalue weighted by Gasteiger charge is 2.52. The average Bonchev–Trinajstić information content (AvgIpc) is 2.67. The van der Waals surface area contributed by atoms with Gasteiger partial charge < -0.3 is 0 Å². The Morgan fingerprint density at radius 1 is 1.42 bits per heavy atom. The molecule has 2 saturated carbocycles. The molecule has 1 heteroatoms. The molecule has 19 heavy (non-hydrogen) atoms. The molecular weight excluding hydrogens is 232 g/mol. The molecule has 0 amide bonds. The van der Waals surface area contributed by atoms with Gasteiger partial charge in [0.05, 0.1) is 0 Å². The lowest BCUT2D eigenvalue weighted by Crippen LogP contribution is -2.39. The SMILES string of the molecule is CC(C)=CCC[C@@H](C)[C@H]1CC[C@H]2C(=O)CCCC12C. The Morgan fingerprint density at radius 2 is 2.16 bits per heavy atom. The Kier molecular flexibility index (Phi) is 4.53. The number of rotatable bonds is 4. The summed E-state index contributed by atoms with van der Waals surface area (Å²) in [6.07, 6.45) is 10.5. The van der Waals surface area contributed by atoms with Crippen molar-refractivity contribution in [1.82, 2.24) is 0 Å². The van der Waals surface area contributed by atoms with Crippen LogP contribution in [0.3, 0.4) is 0 Å². The molecule has 0 heterocycles. The Morgan fingerprint density at radius 3 is 2.84 bits per heavy atom. The number of ketones is 1. The van der Waals surface area contributed by atoms with Gasteiger partial charge in [-0.05, 0) is 69.6 Å². The van der Waals surface area contributed by atoms with Gasteiger partial charge in [0, 0.05) is 12.3 Å². The number of carbonyl (C=O) groups excluding carboxylic acids is 1. The lowest BCUT2D eigenvalue weighted by molar-refractivity contribution is -0.130. The van der Waals surface area contributed by atoms with Crippen molar-refractivity contribution in [1.29, 1.82) is 0 Å². The van der Waals surface area contributed by atoms with E-state index in [-0.39, 0.29) is 0 Å².